The van der Waals surface area contributed by atoms with Gasteiger partial charge < -0.3 is 15.4 Å². The van der Waals surface area contributed by atoms with Gasteiger partial charge >= 0.3 is 6.09 Å². The first-order valence-electron chi connectivity index (χ1n) is 7.05. The lowest BCUT2D eigenvalue weighted by Gasteiger charge is -2.25. The van der Waals surface area contributed by atoms with Crippen molar-refractivity contribution in [3.63, 3.8) is 0 Å². The number of hydrogen-bond acceptors (Lipinski definition) is 6. The van der Waals surface area contributed by atoms with E-state index in [0.717, 1.165) is 5.56 Å². The van der Waals surface area contributed by atoms with Crippen LogP contribution in [0.5, 0.6) is 0 Å². The summed E-state index contributed by atoms with van der Waals surface area (Å²) >= 11 is 1.22. The highest BCUT2D eigenvalue weighted by molar-refractivity contribution is 7.09. The molecular weight excluding hydrogens is 319 g/mol. The Morgan fingerprint density at radius 1 is 1.35 bits per heavy atom. The van der Waals surface area contributed by atoms with E-state index in [1.807, 2.05) is 0 Å². The quantitative estimate of drug-likeness (QED) is 0.847. The van der Waals surface area contributed by atoms with Gasteiger partial charge in [0.15, 0.2) is 5.82 Å². The predicted octanol–water partition coefficient (Wildman–Crippen LogP) is 2.92. The Morgan fingerprint density at radius 2 is 2.04 bits per heavy atom. The van der Waals surface area contributed by atoms with Crippen molar-refractivity contribution >= 4 is 22.8 Å². The van der Waals surface area contributed by atoms with E-state index in [1.54, 1.807) is 12.1 Å². The van der Waals surface area contributed by atoms with Crippen molar-refractivity contribution in [3.05, 3.63) is 41.5 Å². The zero-order valence-electron chi connectivity index (χ0n) is 13.2. The highest BCUT2D eigenvalue weighted by atomic mass is 32.1. The lowest BCUT2D eigenvalue weighted by atomic mass is 9.85. The maximum absolute atomic E-state index is 13.0. The summed E-state index contributed by atoms with van der Waals surface area (Å²) in [5.74, 6) is 0.270. The van der Waals surface area contributed by atoms with Crippen LogP contribution in [-0.4, -0.2) is 29.1 Å². The standard InChI is InChI=1S/C15H19FN4O2S/c1-15(2,10-4-6-11(16)7-5-10)9-18-13-19-12(20-23-13)8-17-14(21)22-3/h4-7H,8-9H2,1-3H3,(H,17,21)(H,18,19,20). The number of carbonyl (C=O) groups is 1. The van der Waals surface area contributed by atoms with E-state index in [4.69, 9.17) is 0 Å². The van der Waals surface area contributed by atoms with Crippen molar-refractivity contribution in [1.29, 1.82) is 0 Å². The molecule has 6 nitrogen and oxygen atoms in total. The molecule has 0 saturated carbocycles. The summed E-state index contributed by atoms with van der Waals surface area (Å²) in [6, 6.07) is 6.48. The number of rotatable bonds is 6. The third-order valence-electron chi connectivity index (χ3n) is 3.35. The van der Waals surface area contributed by atoms with Crippen molar-refractivity contribution in [2.75, 3.05) is 19.0 Å². The fraction of sp³-hybridized carbons (Fsp3) is 0.400. The van der Waals surface area contributed by atoms with Gasteiger partial charge in [-0.05, 0) is 17.7 Å². The molecule has 1 aromatic carbocycles. The van der Waals surface area contributed by atoms with E-state index in [-0.39, 0.29) is 17.8 Å². The molecule has 1 aromatic heterocycles. The van der Waals surface area contributed by atoms with Crippen LogP contribution in [0.3, 0.4) is 0 Å². The Bertz CT molecular complexity index is 658. The van der Waals surface area contributed by atoms with Gasteiger partial charge in [0.1, 0.15) is 5.82 Å². The fourth-order valence-electron chi connectivity index (χ4n) is 1.92. The molecule has 1 amide bonds. The van der Waals surface area contributed by atoms with Gasteiger partial charge in [0.2, 0.25) is 5.13 Å². The number of nitrogens with one attached hydrogen (secondary N) is 2. The minimum Gasteiger partial charge on any atom is -0.453 e. The van der Waals surface area contributed by atoms with Gasteiger partial charge in [-0.2, -0.15) is 4.37 Å². The molecule has 0 spiro atoms. The molecule has 0 bridgehead atoms. The molecule has 0 aliphatic heterocycles. The monoisotopic (exact) mass is 338 g/mol. The SMILES string of the molecule is COC(=O)NCc1nsc(NCC(C)(C)c2ccc(F)cc2)n1. The molecule has 2 rings (SSSR count). The second-order valence-electron chi connectivity index (χ2n) is 5.61. The molecule has 1 heterocycles. The summed E-state index contributed by atoms with van der Waals surface area (Å²) in [5, 5.41) is 6.42. The zero-order chi connectivity index (χ0) is 16.9. The van der Waals surface area contributed by atoms with Gasteiger partial charge in [-0.3, -0.25) is 0 Å². The van der Waals surface area contributed by atoms with E-state index in [0.29, 0.717) is 17.5 Å². The molecular formula is C15H19FN4O2S. The number of aromatic nitrogens is 2. The fourth-order valence-corrected chi connectivity index (χ4v) is 2.50. The summed E-state index contributed by atoms with van der Waals surface area (Å²) in [6.45, 7) is 4.96. The normalized spacial score (nSPS) is 11.1. The number of ether oxygens (including phenoxy) is 1. The maximum Gasteiger partial charge on any atom is 0.407 e. The predicted molar refractivity (Wildman–Crippen MR) is 87.1 cm³/mol. The first-order chi connectivity index (χ1) is 10.9. The summed E-state index contributed by atoms with van der Waals surface area (Å²) < 4.78 is 21.7. The molecule has 0 aliphatic carbocycles. The Kier molecular flexibility index (Phi) is 5.49. The van der Waals surface area contributed by atoms with E-state index in [2.05, 4.69) is 38.6 Å². The van der Waals surface area contributed by atoms with Gasteiger partial charge in [-0.1, -0.05) is 26.0 Å². The van der Waals surface area contributed by atoms with Gasteiger partial charge in [-0.15, -0.1) is 0 Å². The van der Waals surface area contributed by atoms with Crippen LogP contribution in [-0.2, 0) is 16.7 Å². The van der Waals surface area contributed by atoms with E-state index in [1.165, 1.54) is 30.8 Å². The molecule has 2 N–H and O–H groups in total. The summed E-state index contributed by atoms with van der Waals surface area (Å²) in [7, 11) is 1.30. The summed E-state index contributed by atoms with van der Waals surface area (Å²) in [5.41, 5.74) is 0.840. The van der Waals surface area contributed by atoms with Crippen LogP contribution in [0.15, 0.2) is 24.3 Å². The highest BCUT2D eigenvalue weighted by Crippen LogP contribution is 2.24. The van der Waals surface area contributed by atoms with E-state index >= 15 is 0 Å². The van der Waals surface area contributed by atoms with Crippen LogP contribution in [0.25, 0.3) is 0 Å². The average molecular weight is 338 g/mol. The number of nitrogens with zero attached hydrogens (tertiary/aromatic N) is 2. The third kappa shape index (κ3) is 4.88. The van der Waals surface area contributed by atoms with Crippen LogP contribution in [0.4, 0.5) is 14.3 Å². The minimum absolute atomic E-state index is 0.191. The highest BCUT2D eigenvalue weighted by Gasteiger charge is 2.21. The summed E-state index contributed by atoms with van der Waals surface area (Å²) in [6.07, 6.45) is -0.522. The van der Waals surface area contributed by atoms with Crippen molar-refractivity contribution in [2.45, 2.75) is 25.8 Å². The van der Waals surface area contributed by atoms with E-state index in [9.17, 15) is 9.18 Å². The van der Waals surface area contributed by atoms with Crippen LogP contribution >= 0.6 is 11.5 Å². The van der Waals surface area contributed by atoms with Crippen LogP contribution in [0, 0.1) is 5.82 Å². The van der Waals surface area contributed by atoms with Gasteiger partial charge in [-0.25, -0.2) is 14.2 Å². The van der Waals surface area contributed by atoms with Gasteiger partial charge in [0.05, 0.1) is 13.7 Å². The van der Waals surface area contributed by atoms with Crippen LogP contribution < -0.4 is 10.6 Å². The largest absolute Gasteiger partial charge is 0.453 e. The Hall–Kier alpha value is -2.22. The topological polar surface area (TPSA) is 76.1 Å². The lowest BCUT2D eigenvalue weighted by molar-refractivity contribution is 0.170. The number of amides is 1. The molecule has 0 aliphatic rings. The third-order valence-corrected chi connectivity index (χ3v) is 4.06. The molecule has 0 saturated heterocycles. The second kappa shape index (κ2) is 7.36. The Labute approximate surface area is 138 Å². The maximum atomic E-state index is 13.0. The number of hydrogen-bond donors (Lipinski definition) is 2. The number of benzene rings is 1. The number of alkyl carbamates (subject to hydrolysis) is 1. The molecule has 0 fully saturated rings. The van der Waals surface area contributed by atoms with Crippen molar-refractivity contribution in [1.82, 2.24) is 14.7 Å². The Morgan fingerprint density at radius 3 is 2.70 bits per heavy atom. The van der Waals surface area contributed by atoms with Crippen molar-refractivity contribution < 1.29 is 13.9 Å². The van der Waals surface area contributed by atoms with Crippen molar-refractivity contribution in [2.24, 2.45) is 0 Å². The van der Waals surface area contributed by atoms with Crippen molar-refractivity contribution in [3.8, 4) is 0 Å². The molecule has 0 unspecified atom stereocenters. The Balaban J connectivity index is 1.91. The van der Waals surface area contributed by atoms with Crippen LogP contribution in [0.2, 0.25) is 0 Å². The average Bonchev–Trinajstić information content (AvgIpc) is 2.99. The van der Waals surface area contributed by atoms with E-state index < -0.39 is 6.09 Å². The van der Waals surface area contributed by atoms with Gasteiger partial charge in [0, 0.05) is 23.5 Å². The number of carbonyl (C=O) groups excluding carboxylic acids is 1. The molecule has 23 heavy (non-hydrogen) atoms. The molecule has 0 radical (unpaired) electrons. The lowest BCUT2D eigenvalue weighted by Crippen LogP contribution is -2.27. The first kappa shape index (κ1) is 17.1. The molecule has 124 valence electrons. The number of methoxy groups -OCH3 is 1. The minimum atomic E-state index is -0.522. The van der Waals surface area contributed by atoms with Gasteiger partial charge in [0.25, 0.3) is 0 Å². The molecule has 2 aromatic rings. The zero-order valence-corrected chi connectivity index (χ0v) is 14.0. The first-order valence-corrected chi connectivity index (χ1v) is 7.82. The second-order valence-corrected chi connectivity index (χ2v) is 6.36. The smallest absolute Gasteiger partial charge is 0.407 e. The number of halogens is 1. The number of anilines is 1. The summed E-state index contributed by atoms with van der Waals surface area (Å²) in [4.78, 5) is 15.3. The molecule has 8 heteroatoms. The van der Waals surface area contributed by atoms with Crippen LogP contribution in [0.1, 0.15) is 25.2 Å². The molecule has 0 atom stereocenters.